The number of hydrogen-bond donors (Lipinski definition) is 0. The van der Waals surface area contributed by atoms with E-state index in [0.717, 1.165) is 35.9 Å². The Morgan fingerprint density at radius 3 is 1.76 bits per heavy atom. The van der Waals surface area contributed by atoms with Crippen LogP contribution < -0.4 is 9.47 Å². The minimum absolute atomic E-state index is 0.193. The van der Waals surface area contributed by atoms with Crippen molar-refractivity contribution in [2.45, 2.75) is 32.4 Å². The van der Waals surface area contributed by atoms with E-state index in [1.165, 1.54) is 0 Å². The van der Waals surface area contributed by atoms with E-state index in [2.05, 4.69) is 0 Å². The monoisotopic (exact) mass is 456 g/mol. The second-order valence-corrected chi connectivity index (χ2v) is 8.08. The van der Waals surface area contributed by atoms with Crippen molar-refractivity contribution in [1.82, 2.24) is 0 Å². The summed E-state index contributed by atoms with van der Waals surface area (Å²) < 4.78 is 50.4. The second-order valence-electron chi connectivity index (χ2n) is 8.08. The van der Waals surface area contributed by atoms with Crippen LogP contribution >= 0.6 is 0 Å². The van der Waals surface area contributed by atoms with Gasteiger partial charge in [-0.05, 0) is 60.5 Å². The van der Waals surface area contributed by atoms with Crippen molar-refractivity contribution < 1.29 is 32.2 Å². The van der Waals surface area contributed by atoms with Crippen molar-refractivity contribution in [3.63, 3.8) is 0 Å². The highest BCUT2D eigenvalue weighted by Crippen LogP contribution is 2.35. The number of carbonyl (C=O) groups excluding carboxylic acids is 2. The van der Waals surface area contributed by atoms with E-state index in [9.17, 15) is 22.8 Å². The van der Waals surface area contributed by atoms with Crippen LogP contribution in [0.1, 0.15) is 58.2 Å². The molecular formula is C26H23F3O4. The van der Waals surface area contributed by atoms with Gasteiger partial charge in [-0.1, -0.05) is 38.1 Å². The molecule has 7 heteroatoms. The van der Waals surface area contributed by atoms with Gasteiger partial charge in [0.1, 0.15) is 11.5 Å². The van der Waals surface area contributed by atoms with E-state index in [0.29, 0.717) is 6.07 Å². The molecule has 0 spiro atoms. The zero-order valence-electron chi connectivity index (χ0n) is 18.6. The zero-order chi connectivity index (χ0) is 24.4. The normalized spacial score (nSPS) is 11.7. The van der Waals surface area contributed by atoms with Crippen LogP contribution in [-0.2, 0) is 11.6 Å². The molecule has 0 heterocycles. The zero-order valence-corrected chi connectivity index (χ0v) is 18.6. The fraction of sp³-hybridized carbons (Fsp3) is 0.231. The molecule has 0 saturated carbocycles. The van der Waals surface area contributed by atoms with Gasteiger partial charge in [-0.15, -0.1) is 0 Å². The molecule has 0 fully saturated rings. The number of alkyl halides is 3. The number of ether oxygens (including phenoxy) is 2. The quantitative estimate of drug-likeness (QED) is 0.243. The summed E-state index contributed by atoms with van der Waals surface area (Å²) >= 11 is 0. The van der Waals surface area contributed by atoms with Crippen LogP contribution in [0.3, 0.4) is 0 Å². The molecule has 0 N–H and O–H groups in total. The van der Waals surface area contributed by atoms with Crippen LogP contribution in [0.5, 0.6) is 11.5 Å². The molecule has 172 valence electrons. The van der Waals surface area contributed by atoms with E-state index in [1.807, 2.05) is 38.1 Å². The van der Waals surface area contributed by atoms with Gasteiger partial charge in [0, 0.05) is 11.0 Å². The third-order valence-corrected chi connectivity index (χ3v) is 5.54. The molecule has 0 aliphatic carbocycles. The largest absolute Gasteiger partial charge is 0.497 e. The van der Waals surface area contributed by atoms with Gasteiger partial charge in [0.2, 0.25) is 0 Å². The summed E-state index contributed by atoms with van der Waals surface area (Å²) in [6, 6.07) is 17.2. The van der Waals surface area contributed by atoms with Crippen molar-refractivity contribution in [3.8, 4) is 11.5 Å². The summed E-state index contributed by atoms with van der Waals surface area (Å²) in [4.78, 5) is 24.0. The highest BCUT2D eigenvalue weighted by molar-refractivity contribution is 5.98. The number of rotatable bonds is 6. The number of methoxy groups -OCH3 is 1. The maximum absolute atomic E-state index is 13.3. The first-order chi connectivity index (χ1) is 15.4. The summed E-state index contributed by atoms with van der Waals surface area (Å²) in [6.07, 6.45) is -4.77. The van der Waals surface area contributed by atoms with Crippen LogP contribution in [0.2, 0.25) is 0 Å². The van der Waals surface area contributed by atoms with Gasteiger partial charge in [0.25, 0.3) is 0 Å². The van der Waals surface area contributed by atoms with Gasteiger partial charge in [-0.3, -0.25) is 4.79 Å². The Hall–Kier alpha value is -3.61. The van der Waals surface area contributed by atoms with Crippen molar-refractivity contribution >= 4 is 11.8 Å². The predicted octanol–water partition coefficient (Wildman–Crippen LogP) is 6.46. The summed E-state index contributed by atoms with van der Waals surface area (Å²) in [5, 5.41) is 0. The van der Waals surface area contributed by atoms with E-state index in [4.69, 9.17) is 9.47 Å². The van der Waals surface area contributed by atoms with Crippen molar-refractivity contribution in [3.05, 3.63) is 94.5 Å². The van der Waals surface area contributed by atoms with E-state index in [1.54, 1.807) is 31.4 Å². The Morgan fingerprint density at radius 1 is 0.788 bits per heavy atom. The summed E-state index contributed by atoms with van der Waals surface area (Å²) in [5.41, 5.74) is -0.296. The fourth-order valence-corrected chi connectivity index (χ4v) is 3.49. The van der Waals surface area contributed by atoms with Gasteiger partial charge in [0.15, 0.2) is 5.78 Å². The van der Waals surface area contributed by atoms with Crippen molar-refractivity contribution in [2.24, 2.45) is 0 Å². The lowest BCUT2D eigenvalue weighted by molar-refractivity contribution is -0.137. The van der Waals surface area contributed by atoms with Crippen LogP contribution in [0.4, 0.5) is 13.2 Å². The van der Waals surface area contributed by atoms with Gasteiger partial charge < -0.3 is 9.47 Å². The molecule has 3 rings (SSSR count). The number of halogens is 3. The molecule has 0 atom stereocenters. The smallest absolute Gasteiger partial charge is 0.417 e. The number of benzene rings is 3. The Bertz CT molecular complexity index is 1160. The van der Waals surface area contributed by atoms with Gasteiger partial charge in [-0.2, -0.15) is 13.2 Å². The Morgan fingerprint density at radius 2 is 1.30 bits per heavy atom. The van der Waals surface area contributed by atoms with Gasteiger partial charge >= 0.3 is 12.1 Å². The average molecular weight is 456 g/mol. The molecular weight excluding hydrogens is 433 g/mol. The molecule has 0 saturated heterocycles. The van der Waals surface area contributed by atoms with Crippen LogP contribution in [0.15, 0.2) is 66.7 Å². The van der Waals surface area contributed by atoms with E-state index < -0.39 is 29.1 Å². The number of hydrogen-bond acceptors (Lipinski definition) is 4. The fourth-order valence-electron chi connectivity index (χ4n) is 3.49. The topological polar surface area (TPSA) is 52.6 Å². The lowest BCUT2D eigenvalue weighted by Crippen LogP contribution is -2.19. The third kappa shape index (κ3) is 5.25. The highest BCUT2D eigenvalue weighted by Gasteiger charge is 2.35. The molecule has 33 heavy (non-hydrogen) atoms. The Labute approximate surface area is 190 Å². The first kappa shape index (κ1) is 24.0. The second kappa shape index (κ2) is 9.10. The molecule has 0 aromatic heterocycles. The summed E-state index contributed by atoms with van der Waals surface area (Å²) in [7, 11) is 1.60. The Kier molecular flexibility index (Phi) is 6.63. The third-order valence-electron chi connectivity index (χ3n) is 5.54. The first-order valence-electron chi connectivity index (χ1n) is 10.1. The SMILES string of the molecule is COc1ccc(C(C)(C)c2ccc(OC(=O)c3ccc(C(C)=O)c(C(F)(F)F)c3)cc2)cc1. The van der Waals surface area contributed by atoms with Crippen LogP contribution in [-0.4, -0.2) is 18.9 Å². The average Bonchev–Trinajstić information content (AvgIpc) is 2.78. The molecule has 0 amide bonds. The Balaban J connectivity index is 1.81. The number of ketones is 1. The number of esters is 1. The molecule has 0 aliphatic rings. The standard InChI is InChI=1S/C26H23F3O4/c1-16(30)22-14-5-17(15-23(22)26(27,28)29)24(31)33-21-12-8-19(9-13-21)25(2,3)18-6-10-20(32-4)11-7-18/h5-15H,1-4H3. The molecule has 0 unspecified atom stereocenters. The van der Waals surface area contributed by atoms with Crippen molar-refractivity contribution in [2.75, 3.05) is 7.11 Å². The number of carbonyl (C=O) groups is 2. The predicted molar refractivity (Wildman–Crippen MR) is 118 cm³/mol. The molecule has 0 bridgehead atoms. The lowest BCUT2D eigenvalue weighted by Gasteiger charge is -2.26. The molecule has 4 nitrogen and oxygen atoms in total. The molecule has 3 aromatic rings. The van der Waals surface area contributed by atoms with Gasteiger partial charge in [-0.25, -0.2) is 4.79 Å². The summed E-state index contributed by atoms with van der Waals surface area (Å²) in [5.74, 6) is -0.740. The maximum atomic E-state index is 13.3. The summed E-state index contributed by atoms with van der Waals surface area (Å²) in [6.45, 7) is 5.13. The first-order valence-corrected chi connectivity index (χ1v) is 10.1. The molecule has 3 aromatic carbocycles. The lowest BCUT2D eigenvalue weighted by atomic mass is 9.78. The minimum atomic E-state index is -4.77. The highest BCUT2D eigenvalue weighted by atomic mass is 19.4. The van der Waals surface area contributed by atoms with Crippen LogP contribution in [0, 0.1) is 0 Å². The van der Waals surface area contributed by atoms with E-state index >= 15 is 0 Å². The maximum Gasteiger partial charge on any atom is 0.417 e. The van der Waals surface area contributed by atoms with Gasteiger partial charge in [0.05, 0.1) is 18.2 Å². The van der Waals surface area contributed by atoms with Crippen molar-refractivity contribution in [1.29, 1.82) is 0 Å². The minimum Gasteiger partial charge on any atom is -0.497 e. The van der Waals surface area contributed by atoms with Crippen LogP contribution in [0.25, 0.3) is 0 Å². The molecule has 0 aliphatic heterocycles. The van der Waals surface area contributed by atoms with E-state index in [-0.39, 0.29) is 16.7 Å². The number of Topliss-reactive ketones (excluding diaryl/α,β-unsaturated/α-hetero) is 1. The molecule has 0 radical (unpaired) electrons.